The number of nitrogens with zero attached hydrogens (tertiary/aromatic N) is 3. The Morgan fingerprint density at radius 3 is 2.22 bits per heavy atom. The molecule has 2 rings (SSSR count). The smallest absolute Gasteiger partial charge is 0.344 e. The number of nitrogens with two attached hydrogens (primary N) is 2. The molecule has 176 valence electrons. The third kappa shape index (κ3) is 6.83. The number of Topliss-reactive ketones (excluding diaryl/α,β-unsaturated/α-hetero) is 1. The van der Waals surface area contributed by atoms with Gasteiger partial charge in [0.2, 0.25) is 5.78 Å². The van der Waals surface area contributed by atoms with Crippen LogP contribution in [0.15, 0.2) is 34.5 Å². The highest BCUT2D eigenvalue weighted by atomic mass is 19.1. The number of rotatable bonds is 10. The summed E-state index contributed by atoms with van der Waals surface area (Å²) in [6.07, 6.45) is 0.301. The molecule has 1 aromatic rings. The molecule has 1 heterocycles. The van der Waals surface area contributed by atoms with E-state index in [0.717, 1.165) is 50.9 Å². The summed E-state index contributed by atoms with van der Waals surface area (Å²) < 4.78 is 32.5. The molecule has 4 N–H and O–H groups in total. The van der Waals surface area contributed by atoms with Crippen LogP contribution in [0.1, 0.15) is 30.6 Å². The predicted molar refractivity (Wildman–Crippen MR) is 118 cm³/mol. The summed E-state index contributed by atoms with van der Waals surface area (Å²) in [7, 11) is 0. The first kappa shape index (κ1) is 25.4. The average molecular weight is 452 g/mol. The van der Waals surface area contributed by atoms with Crippen molar-refractivity contribution >= 4 is 17.6 Å². The zero-order valence-electron chi connectivity index (χ0n) is 18.6. The second-order valence-electron chi connectivity index (χ2n) is 7.39. The highest BCUT2D eigenvalue weighted by molar-refractivity contribution is 6.19. The van der Waals surface area contributed by atoms with Crippen LogP contribution in [0.25, 0.3) is 0 Å². The van der Waals surface area contributed by atoms with Gasteiger partial charge in [0, 0.05) is 38.4 Å². The largest absolute Gasteiger partial charge is 0.454 e. The molecule has 0 saturated carbocycles. The number of ketones is 1. The van der Waals surface area contributed by atoms with Gasteiger partial charge >= 0.3 is 5.97 Å². The molecule has 0 aromatic heterocycles. The van der Waals surface area contributed by atoms with Crippen LogP contribution in [0, 0.1) is 11.6 Å². The van der Waals surface area contributed by atoms with Gasteiger partial charge in [-0.05, 0) is 25.1 Å². The van der Waals surface area contributed by atoms with Crippen molar-refractivity contribution in [2.45, 2.75) is 20.3 Å². The van der Waals surface area contributed by atoms with E-state index in [2.05, 4.69) is 21.7 Å². The van der Waals surface area contributed by atoms with Crippen LogP contribution in [0.3, 0.4) is 0 Å². The van der Waals surface area contributed by atoms with Gasteiger partial charge in [0.25, 0.3) is 0 Å². The van der Waals surface area contributed by atoms with Crippen LogP contribution < -0.4 is 11.5 Å². The third-order valence-electron chi connectivity index (χ3n) is 5.35. The number of allylic oxidation sites excluding steroid dienone is 1. The van der Waals surface area contributed by atoms with E-state index in [1.54, 1.807) is 6.92 Å². The number of piperazine rings is 1. The minimum Gasteiger partial charge on any atom is -0.454 e. The van der Waals surface area contributed by atoms with Crippen molar-refractivity contribution in [3.8, 4) is 0 Å². The van der Waals surface area contributed by atoms with Crippen molar-refractivity contribution in [2.24, 2.45) is 16.5 Å². The van der Waals surface area contributed by atoms with Crippen LogP contribution in [-0.4, -0.2) is 79.8 Å². The summed E-state index contributed by atoms with van der Waals surface area (Å²) in [4.78, 5) is 33.6. The number of benzene rings is 1. The lowest BCUT2D eigenvalue weighted by Gasteiger charge is -2.33. The van der Waals surface area contributed by atoms with Crippen molar-refractivity contribution in [3.63, 3.8) is 0 Å². The lowest BCUT2D eigenvalue weighted by atomic mass is 10.1. The van der Waals surface area contributed by atoms with E-state index in [0.29, 0.717) is 19.5 Å². The van der Waals surface area contributed by atoms with Gasteiger partial charge in [-0.3, -0.25) is 14.7 Å². The highest BCUT2D eigenvalue weighted by Crippen LogP contribution is 2.14. The first-order valence-corrected chi connectivity index (χ1v) is 10.7. The van der Waals surface area contributed by atoms with Crippen LogP contribution in [0.4, 0.5) is 8.78 Å². The molecule has 8 nitrogen and oxygen atoms in total. The van der Waals surface area contributed by atoms with E-state index >= 15 is 0 Å². The number of hydrogen-bond acceptors (Lipinski definition) is 7. The molecular weight excluding hydrogens is 420 g/mol. The molecule has 0 atom stereocenters. The van der Waals surface area contributed by atoms with Crippen molar-refractivity contribution in [2.75, 3.05) is 52.4 Å². The molecule has 10 heteroatoms. The van der Waals surface area contributed by atoms with Gasteiger partial charge in [-0.15, -0.1) is 0 Å². The predicted octanol–water partition coefficient (Wildman–Crippen LogP) is 1.31. The van der Waals surface area contributed by atoms with Crippen molar-refractivity contribution in [1.82, 2.24) is 9.80 Å². The molecule has 0 amide bonds. The quantitative estimate of drug-likeness (QED) is 0.181. The number of ether oxygens (including phenoxy) is 1. The summed E-state index contributed by atoms with van der Waals surface area (Å²) in [6, 6.07) is 3.04. The van der Waals surface area contributed by atoms with Gasteiger partial charge in [0.05, 0.1) is 12.1 Å². The van der Waals surface area contributed by atoms with E-state index in [1.165, 1.54) is 0 Å². The maximum absolute atomic E-state index is 13.8. The number of carbonyl (C=O) groups is 2. The van der Waals surface area contributed by atoms with Crippen LogP contribution in [-0.2, 0) is 9.53 Å². The molecule has 1 saturated heterocycles. The van der Waals surface area contributed by atoms with Gasteiger partial charge in [0.15, 0.2) is 6.61 Å². The molecule has 1 aliphatic heterocycles. The molecule has 32 heavy (non-hydrogen) atoms. The molecule has 0 aliphatic carbocycles. The molecule has 1 aromatic carbocycles. The van der Waals surface area contributed by atoms with Gasteiger partial charge in [-0.25, -0.2) is 13.6 Å². The Kier molecular flexibility index (Phi) is 9.73. The minimum absolute atomic E-state index is 0.0916. The first-order chi connectivity index (χ1) is 15.3. The summed E-state index contributed by atoms with van der Waals surface area (Å²) >= 11 is 0. The summed E-state index contributed by atoms with van der Waals surface area (Å²) in [5, 5.41) is 0. The number of likely N-dealkylation sites (N-methyl/N-ethyl adjacent to an activating group) is 1. The number of carbonyl (C=O) groups excluding carboxylic acids is 2. The van der Waals surface area contributed by atoms with E-state index in [1.807, 2.05) is 0 Å². The Balaban J connectivity index is 1.99. The number of hydrogen-bond donors (Lipinski definition) is 2. The van der Waals surface area contributed by atoms with Crippen LogP contribution >= 0.6 is 0 Å². The lowest BCUT2D eigenvalue weighted by molar-refractivity contribution is -0.137. The standard InChI is InChI=1S/C22H31F2N5O3/c1-3-17(25)20(21(26)27-8-9-29-12-10-28(4-2)11-13-29)22(31)32-14-18(30)19-15(23)6-5-7-16(19)24/h5-7H,3-4,8-14,25H2,1-2H3,(H2,26,27). The van der Waals surface area contributed by atoms with E-state index < -0.39 is 35.6 Å². The zero-order chi connectivity index (χ0) is 23.7. The SMILES string of the molecule is CCC(N)=C(C(=O)OCC(=O)c1c(F)cccc1F)C(N)=NCCN1CCN(CC)CC1. The fourth-order valence-electron chi connectivity index (χ4n) is 3.34. The lowest BCUT2D eigenvalue weighted by Crippen LogP contribution is -2.46. The Hall–Kier alpha value is -2.85. The second kappa shape index (κ2) is 12.3. The Labute approximate surface area is 186 Å². The monoisotopic (exact) mass is 451 g/mol. The Bertz CT molecular complexity index is 860. The fraction of sp³-hybridized carbons (Fsp3) is 0.500. The number of halogens is 2. The van der Waals surface area contributed by atoms with Crippen molar-refractivity contribution < 1.29 is 23.1 Å². The van der Waals surface area contributed by atoms with E-state index in [-0.39, 0.29) is 17.1 Å². The molecular formula is C22H31F2N5O3. The molecule has 0 unspecified atom stereocenters. The van der Waals surface area contributed by atoms with Gasteiger partial charge in [0.1, 0.15) is 23.0 Å². The van der Waals surface area contributed by atoms with Gasteiger partial charge < -0.3 is 21.1 Å². The van der Waals surface area contributed by atoms with Gasteiger partial charge in [-0.2, -0.15) is 0 Å². The third-order valence-corrected chi connectivity index (χ3v) is 5.35. The normalized spacial score (nSPS) is 16.6. The number of amidine groups is 1. The van der Waals surface area contributed by atoms with Crippen molar-refractivity contribution in [3.05, 3.63) is 46.7 Å². The second-order valence-corrected chi connectivity index (χ2v) is 7.39. The maximum atomic E-state index is 13.8. The Morgan fingerprint density at radius 1 is 1.06 bits per heavy atom. The molecule has 0 bridgehead atoms. The minimum atomic E-state index is -1.03. The summed E-state index contributed by atoms with van der Waals surface area (Å²) in [6.45, 7) is 8.92. The molecule has 1 fully saturated rings. The van der Waals surface area contributed by atoms with E-state index in [4.69, 9.17) is 16.2 Å². The number of esters is 1. The molecule has 0 spiro atoms. The fourth-order valence-corrected chi connectivity index (χ4v) is 3.34. The summed E-state index contributed by atoms with van der Waals surface area (Å²) in [5.74, 6) is -4.13. The Morgan fingerprint density at radius 2 is 1.66 bits per heavy atom. The van der Waals surface area contributed by atoms with Crippen molar-refractivity contribution in [1.29, 1.82) is 0 Å². The average Bonchev–Trinajstić information content (AvgIpc) is 2.78. The number of aliphatic imine (C=N–C) groups is 1. The molecule has 0 radical (unpaired) electrons. The maximum Gasteiger partial charge on any atom is 0.344 e. The van der Waals surface area contributed by atoms with Gasteiger partial charge in [-0.1, -0.05) is 19.9 Å². The zero-order valence-corrected chi connectivity index (χ0v) is 18.6. The summed E-state index contributed by atoms with van der Waals surface area (Å²) in [5.41, 5.74) is 11.2. The van der Waals surface area contributed by atoms with Crippen LogP contribution in [0.2, 0.25) is 0 Å². The highest BCUT2D eigenvalue weighted by Gasteiger charge is 2.23. The van der Waals surface area contributed by atoms with Crippen LogP contribution in [0.5, 0.6) is 0 Å². The van der Waals surface area contributed by atoms with E-state index in [9.17, 15) is 18.4 Å². The topological polar surface area (TPSA) is 114 Å². The first-order valence-electron chi connectivity index (χ1n) is 10.7. The molecule has 1 aliphatic rings.